The van der Waals surface area contributed by atoms with Crippen LogP contribution in [0.3, 0.4) is 0 Å². The van der Waals surface area contributed by atoms with Gasteiger partial charge >= 0.3 is 0 Å². The number of aromatic nitrogens is 3. The van der Waals surface area contributed by atoms with Crippen LogP contribution in [-0.4, -0.2) is 51.3 Å². The third-order valence-corrected chi connectivity index (χ3v) is 4.82. The Morgan fingerprint density at radius 1 is 1.37 bits per heavy atom. The standard InChI is InChI=1S/C19H20FN5O2/c1-11-22-9-18(27-11)12-2-3-17-13(6-12)7-14(23-24-17)8-19(26)25-5-4-16(21)15(20)10-25/h2-3,6-7,9,15-16H,4-5,8,10,21H2,1H3/t15-,16-/m1/s1. The average Bonchev–Trinajstić information content (AvgIpc) is 3.09. The van der Waals surface area contributed by atoms with E-state index in [0.29, 0.717) is 30.3 Å². The van der Waals surface area contributed by atoms with Gasteiger partial charge in [-0.05, 0) is 30.7 Å². The van der Waals surface area contributed by atoms with Crippen LogP contribution < -0.4 is 5.73 Å². The maximum absolute atomic E-state index is 13.8. The van der Waals surface area contributed by atoms with Crippen molar-refractivity contribution in [1.29, 1.82) is 0 Å². The highest BCUT2D eigenvalue weighted by Crippen LogP contribution is 2.24. The van der Waals surface area contributed by atoms with Gasteiger partial charge in [0, 0.05) is 30.5 Å². The van der Waals surface area contributed by atoms with E-state index in [1.165, 1.54) is 4.90 Å². The van der Waals surface area contributed by atoms with E-state index in [0.717, 1.165) is 16.5 Å². The Bertz CT molecular complexity index is 989. The summed E-state index contributed by atoms with van der Waals surface area (Å²) in [6.45, 7) is 2.29. The molecule has 1 saturated heterocycles. The predicted molar refractivity (Wildman–Crippen MR) is 97.5 cm³/mol. The number of hydrogen-bond acceptors (Lipinski definition) is 6. The molecule has 0 bridgehead atoms. The topological polar surface area (TPSA) is 98.1 Å². The summed E-state index contributed by atoms with van der Waals surface area (Å²) in [5.74, 6) is 1.10. The molecule has 1 aromatic carbocycles. The van der Waals surface area contributed by atoms with Crippen molar-refractivity contribution < 1.29 is 13.6 Å². The number of benzene rings is 1. The van der Waals surface area contributed by atoms with E-state index >= 15 is 0 Å². The van der Waals surface area contributed by atoms with Gasteiger partial charge in [-0.15, -0.1) is 0 Å². The number of likely N-dealkylation sites (tertiary alicyclic amines) is 1. The Kier molecular flexibility index (Phi) is 4.57. The molecule has 3 heterocycles. The molecule has 7 nitrogen and oxygen atoms in total. The first-order chi connectivity index (χ1) is 13.0. The minimum absolute atomic E-state index is 0.0377. The number of alkyl halides is 1. The van der Waals surface area contributed by atoms with Crippen molar-refractivity contribution in [3.8, 4) is 11.3 Å². The fraction of sp³-hybridized carbons (Fsp3) is 0.368. The average molecular weight is 369 g/mol. The smallest absolute Gasteiger partial charge is 0.228 e. The summed E-state index contributed by atoms with van der Waals surface area (Å²) in [6, 6.07) is 7.00. The molecule has 2 aromatic heterocycles. The van der Waals surface area contributed by atoms with Gasteiger partial charge in [0.1, 0.15) is 6.17 Å². The van der Waals surface area contributed by atoms with Crippen molar-refractivity contribution in [3.63, 3.8) is 0 Å². The first-order valence-corrected chi connectivity index (χ1v) is 8.86. The minimum Gasteiger partial charge on any atom is -0.441 e. The van der Waals surface area contributed by atoms with Crippen molar-refractivity contribution in [2.45, 2.75) is 32.0 Å². The lowest BCUT2D eigenvalue weighted by Gasteiger charge is -2.32. The molecule has 1 aliphatic rings. The van der Waals surface area contributed by atoms with Crippen molar-refractivity contribution in [2.24, 2.45) is 5.73 Å². The molecule has 3 aromatic rings. The molecule has 27 heavy (non-hydrogen) atoms. The zero-order valence-electron chi connectivity index (χ0n) is 14.9. The number of amides is 1. The van der Waals surface area contributed by atoms with Gasteiger partial charge in [0.25, 0.3) is 0 Å². The highest BCUT2D eigenvalue weighted by molar-refractivity contribution is 5.85. The van der Waals surface area contributed by atoms with Crippen LogP contribution in [0.1, 0.15) is 18.0 Å². The van der Waals surface area contributed by atoms with Crippen LogP contribution >= 0.6 is 0 Å². The van der Waals surface area contributed by atoms with Gasteiger partial charge in [0.15, 0.2) is 11.7 Å². The zero-order chi connectivity index (χ0) is 19.0. The number of carbonyl (C=O) groups is 1. The van der Waals surface area contributed by atoms with Crippen LogP contribution in [0, 0.1) is 6.92 Å². The SMILES string of the molecule is Cc1ncc(-c2ccc3nnc(CC(=O)N4CC[C@@H](N)[C@H](F)C4)cc3c2)o1. The summed E-state index contributed by atoms with van der Waals surface area (Å²) < 4.78 is 19.3. The van der Waals surface area contributed by atoms with Crippen LogP contribution in [0.15, 0.2) is 34.9 Å². The Balaban J connectivity index is 1.54. The normalized spacial score (nSPS) is 20.2. The predicted octanol–water partition coefficient (Wildman–Crippen LogP) is 2.03. The van der Waals surface area contributed by atoms with Crippen LogP contribution in [0.4, 0.5) is 4.39 Å². The van der Waals surface area contributed by atoms with E-state index in [2.05, 4.69) is 15.2 Å². The molecular formula is C19H20FN5O2. The molecule has 140 valence electrons. The molecule has 1 amide bonds. The van der Waals surface area contributed by atoms with Crippen molar-refractivity contribution in [2.75, 3.05) is 13.1 Å². The quantitative estimate of drug-likeness (QED) is 0.759. The van der Waals surface area contributed by atoms with Gasteiger partial charge in [0.2, 0.25) is 5.91 Å². The summed E-state index contributed by atoms with van der Waals surface area (Å²) in [5, 5.41) is 9.17. The number of halogens is 1. The van der Waals surface area contributed by atoms with Crippen LogP contribution in [0.5, 0.6) is 0 Å². The molecule has 8 heteroatoms. The van der Waals surface area contributed by atoms with Crippen LogP contribution in [-0.2, 0) is 11.2 Å². The first-order valence-electron chi connectivity index (χ1n) is 8.86. The molecule has 2 N–H and O–H groups in total. The van der Waals surface area contributed by atoms with Gasteiger partial charge in [-0.1, -0.05) is 0 Å². The molecule has 1 fully saturated rings. The molecular weight excluding hydrogens is 349 g/mol. The zero-order valence-corrected chi connectivity index (χ0v) is 14.9. The second kappa shape index (κ2) is 7.03. The molecule has 0 aliphatic carbocycles. The van der Waals surface area contributed by atoms with E-state index in [9.17, 15) is 9.18 Å². The molecule has 0 unspecified atom stereocenters. The van der Waals surface area contributed by atoms with E-state index in [1.807, 2.05) is 24.3 Å². The maximum Gasteiger partial charge on any atom is 0.228 e. The summed E-state index contributed by atoms with van der Waals surface area (Å²) in [6.07, 6.45) is 1.04. The number of rotatable bonds is 3. The summed E-state index contributed by atoms with van der Waals surface area (Å²) >= 11 is 0. The molecule has 1 aliphatic heterocycles. The largest absolute Gasteiger partial charge is 0.441 e. The van der Waals surface area contributed by atoms with Gasteiger partial charge in [-0.2, -0.15) is 10.2 Å². The number of nitrogens with two attached hydrogens (primary N) is 1. The number of hydrogen-bond donors (Lipinski definition) is 1. The third kappa shape index (κ3) is 3.66. The van der Waals surface area contributed by atoms with E-state index in [4.69, 9.17) is 10.2 Å². The van der Waals surface area contributed by atoms with Crippen molar-refractivity contribution >= 4 is 16.8 Å². The molecule has 0 spiro atoms. The minimum atomic E-state index is -1.18. The number of fused-ring (bicyclic) bond motifs is 1. The third-order valence-electron chi connectivity index (χ3n) is 4.82. The fourth-order valence-electron chi connectivity index (χ4n) is 3.24. The lowest BCUT2D eigenvalue weighted by Crippen LogP contribution is -2.50. The number of carbonyl (C=O) groups excluding carboxylic acids is 1. The summed E-state index contributed by atoms with van der Waals surface area (Å²) in [5.41, 5.74) is 7.81. The summed E-state index contributed by atoms with van der Waals surface area (Å²) in [7, 11) is 0. The first kappa shape index (κ1) is 17.5. The van der Waals surface area contributed by atoms with Gasteiger partial charge in [0.05, 0.1) is 30.4 Å². The molecule has 0 saturated carbocycles. The lowest BCUT2D eigenvalue weighted by molar-refractivity contribution is -0.132. The van der Waals surface area contributed by atoms with Crippen LogP contribution in [0.25, 0.3) is 22.2 Å². The number of piperidine rings is 1. The maximum atomic E-state index is 13.8. The monoisotopic (exact) mass is 369 g/mol. The van der Waals surface area contributed by atoms with E-state index in [-0.39, 0.29) is 18.9 Å². The summed E-state index contributed by atoms with van der Waals surface area (Å²) in [4.78, 5) is 18.1. The fourth-order valence-corrected chi connectivity index (χ4v) is 3.24. The highest BCUT2D eigenvalue weighted by Gasteiger charge is 2.29. The second-order valence-corrected chi connectivity index (χ2v) is 6.84. The van der Waals surface area contributed by atoms with Crippen LogP contribution in [0.2, 0.25) is 0 Å². The van der Waals surface area contributed by atoms with Gasteiger partial charge in [-0.25, -0.2) is 9.37 Å². The molecule has 0 radical (unpaired) electrons. The number of oxazole rings is 1. The van der Waals surface area contributed by atoms with Gasteiger partial charge in [-0.3, -0.25) is 4.79 Å². The Labute approximate surface area is 155 Å². The Morgan fingerprint density at radius 2 is 2.22 bits per heavy atom. The number of aryl methyl sites for hydroxylation is 1. The lowest BCUT2D eigenvalue weighted by atomic mass is 10.0. The Hall–Kier alpha value is -2.87. The highest BCUT2D eigenvalue weighted by atomic mass is 19.1. The van der Waals surface area contributed by atoms with E-state index < -0.39 is 12.2 Å². The second-order valence-electron chi connectivity index (χ2n) is 6.84. The van der Waals surface area contributed by atoms with E-state index in [1.54, 1.807) is 13.1 Å². The number of nitrogens with zero attached hydrogens (tertiary/aromatic N) is 4. The molecule has 2 atom stereocenters. The Morgan fingerprint density at radius 3 is 2.96 bits per heavy atom. The molecule has 4 rings (SSSR count). The van der Waals surface area contributed by atoms with Crippen molar-refractivity contribution in [1.82, 2.24) is 20.1 Å². The van der Waals surface area contributed by atoms with Gasteiger partial charge < -0.3 is 15.1 Å². The van der Waals surface area contributed by atoms with Crippen molar-refractivity contribution in [3.05, 3.63) is 42.0 Å².